The van der Waals surface area contributed by atoms with Crippen LogP contribution in [0.3, 0.4) is 0 Å². The summed E-state index contributed by atoms with van der Waals surface area (Å²) < 4.78 is 0. The molecule has 3 atom stereocenters. The summed E-state index contributed by atoms with van der Waals surface area (Å²) in [5.74, 6) is 1.93. The van der Waals surface area contributed by atoms with Crippen LogP contribution in [0.4, 0.5) is 0 Å². The van der Waals surface area contributed by atoms with Crippen LogP contribution in [0.5, 0.6) is 0 Å². The van der Waals surface area contributed by atoms with Crippen LogP contribution in [-0.4, -0.2) is 12.6 Å². The van der Waals surface area contributed by atoms with Crippen LogP contribution in [-0.2, 0) is 0 Å². The van der Waals surface area contributed by atoms with E-state index in [9.17, 15) is 0 Å². The van der Waals surface area contributed by atoms with Crippen molar-refractivity contribution in [2.75, 3.05) is 6.54 Å². The fraction of sp³-hybridized carbons (Fsp3) is 0.889. The van der Waals surface area contributed by atoms with Crippen LogP contribution in [0.25, 0.3) is 0 Å². The van der Waals surface area contributed by atoms with Gasteiger partial charge in [-0.15, -0.1) is 0 Å². The largest absolute Gasteiger partial charge is 0.314 e. The van der Waals surface area contributed by atoms with Crippen molar-refractivity contribution in [1.29, 1.82) is 0 Å². The Hall–Kier alpha value is -0.300. The molecule has 3 unspecified atom stereocenters. The van der Waals surface area contributed by atoms with Gasteiger partial charge in [-0.25, -0.2) is 0 Å². The van der Waals surface area contributed by atoms with Crippen molar-refractivity contribution < 1.29 is 0 Å². The summed E-state index contributed by atoms with van der Waals surface area (Å²) >= 11 is 0. The zero-order valence-corrected chi connectivity index (χ0v) is 13.1. The smallest absolute Gasteiger partial charge is 0.0132 e. The minimum atomic E-state index is 0.753. The highest BCUT2D eigenvalue weighted by Gasteiger charge is 2.27. The van der Waals surface area contributed by atoms with E-state index in [0.717, 1.165) is 24.4 Å². The minimum Gasteiger partial charge on any atom is -0.314 e. The van der Waals surface area contributed by atoms with Crippen molar-refractivity contribution in [3.63, 3.8) is 0 Å². The highest BCUT2D eigenvalue weighted by Crippen LogP contribution is 2.35. The SMILES string of the molecule is CCNC(CC1=CCCCC1)C1CCCC(CC)C1. The minimum absolute atomic E-state index is 0.753. The second-order valence-electron chi connectivity index (χ2n) is 6.68. The van der Waals surface area contributed by atoms with Gasteiger partial charge in [0.05, 0.1) is 0 Å². The molecule has 0 aromatic heterocycles. The van der Waals surface area contributed by atoms with Gasteiger partial charge in [0, 0.05) is 6.04 Å². The molecule has 1 saturated carbocycles. The summed E-state index contributed by atoms with van der Waals surface area (Å²) in [5, 5.41) is 3.80. The molecule has 0 spiro atoms. The van der Waals surface area contributed by atoms with Gasteiger partial charge < -0.3 is 5.32 Å². The molecule has 1 nitrogen and oxygen atoms in total. The molecule has 110 valence electrons. The topological polar surface area (TPSA) is 12.0 Å². The second-order valence-corrected chi connectivity index (χ2v) is 6.68. The molecule has 2 rings (SSSR count). The average molecular weight is 263 g/mol. The van der Waals surface area contributed by atoms with Gasteiger partial charge in [-0.1, -0.05) is 44.8 Å². The van der Waals surface area contributed by atoms with Crippen molar-refractivity contribution in [1.82, 2.24) is 5.32 Å². The molecule has 1 fully saturated rings. The van der Waals surface area contributed by atoms with Gasteiger partial charge in [0.25, 0.3) is 0 Å². The Morgan fingerprint density at radius 1 is 1.21 bits per heavy atom. The van der Waals surface area contributed by atoms with Gasteiger partial charge >= 0.3 is 0 Å². The quantitative estimate of drug-likeness (QED) is 0.660. The summed E-state index contributed by atoms with van der Waals surface area (Å²) in [6, 6.07) is 0.753. The summed E-state index contributed by atoms with van der Waals surface area (Å²) in [7, 11) is 0. The maximum atomic E-state index is 3.80. The number of allylic oxidation sites excluding steroid dienone is 1. The van der Waals surface area contributed by atoms with E-state index in [2.05, 4.69) is 25.2 Å². The Balaban J connectivity index is 1.92. The molecule has 2 aliphatic rings. The first-order valence-electron chi connectivity index (χ1n) is 8.74. The molecule has 0 heterocycles. The van der Waals surface area contributed by atoms with Gasteiger partial charge in [-0.3, -0.25) is 0 Å². The Morgan fingerprint density at radius 3 is 2.79 bits per heavy atom. The first-order valence-corrected chi connectivity index (χ1v) is 8.74. The van der Waals surface area contributed by atoms with Crippen molar-refractivity contribution >= 4 is 0 Å². The summed E-state index contributed by atoms with van der Waals surface area (Å²) in [6.45, 7) is 5.77. The predicted molar refractivity (Wildman–Crippen MR) is 84.4 cm³/mol. The zero-order chi connectivity index (χ0) is 13.5. The van der Waals surface area contributed by atoms with Crippen LogP contribution in [0.2, 0.25) is 0 Å². The molecule has 0 amide bonds. The summed E-state index contributed by atoms with van der Waals surface area (Å²) in [5.41, 5.74) is 1.75. The normalized spacial score (nSPS) is 29.9. The third-order valence-corrected chi connectivity index (χ3v) is 5.30. The number of rotatable bonds is 6. The van der Waals surface area contributed by atoms with Crippen molar-refractivity contribution in [3.8, 4) is 0 Å². The van der Waals surface area contributed by atoms with Gasteiger partial charge in [0.15, 0.2) is 0 Å². The number of hydrogen-bond acceptors (Lipinski definition) is 1. The monoisotopic (exact) mass is 263 g/mol. The Morgan fingerprint density at radius 2 is 2.11 bits per heavy atom. The molecule has 1 heteroatoms. The van der Waals surface area contributed by atoms with Crippen LogP contribution >= 0.6 is 0 Å². The molecule has 19 heavy (non-hydrogen) atoms. The maximum Gasteiger partial charge on any atom is 0.0132 e. The molecule has 2 aliphatic carbocycles. The number of nitrogens with one attached hydrogen (secondary N) is 1. The van der Waals surface area contributed by atoms with E-state index in [-0.39, 0.29) is 0 Å². The molecular weight excluding hydrogens is 230 g/mol. The van der Waals surface area contributed by atoms with Crippen LogP contribution in [0.1, 0.15) is 78.1 Å². The first-order chi connectivity index (χ1) is 9.33. The lowest BCUT2D eigenvalue weighted by atomic mass is 9.75. The third-order valence-electron chi connectivity index (χ3n) is 5.30. The van der Waals surface area contributed by atoms with Crippen LogP contribution < -0.4 is 5.32 Å². The van der Waals surface area contributed by atoms with Gasteiger partial charge in [-0.2, -0.15) is 0 Å². The van der Waals surface area contributed by atoms with Crippen LogP contribution in [0.15, 0.2) is 11.6 Å². The van der Waals surface area contributed by atoms with E-state index in [4.69, 9.17) is 0 Å². The molecule has 0 aromatic carbocycles. The molecule has 0 saturated heterocycles. The van der Waals surface area contributed by atoms with E-state index in [1.54, 1.807) is 5.57 Å². The summed E-state index contributed by atoms with van der Waals surface area (Å²) in [6.07, 6.45) is 16.7. The van der Waals surface area contributed by atoms with Crippen molar-refractivity contribution in [2.45, 2.75) is 84.1 Å². The highest BCUT2D eigenvalue weighted by atomic mass is 14.9. The fourth-order valence-electron chi connectivity index (χ4n) is 4.11. The van der Waals surface area contributed by atoms with E-state index < -0.39 is 0 Å². The Labute approximate surface area is 120 Å². The zero-order valence-electron chi connectivity index (χ0n) is 13.1. The molecule has 0 aliphatic heterocycles. The van der Waals surface area contributed by atoms with E-state index in [1.165, 1.54) is 64.2 Å². The fourth-order valence-corrected chi connectivity index (χ4v) is 4.11. The maximum absolute atomic E-state index is 3.80. The predicted octanol–water partition coefficient (Wildman–Crippen LogP) is 5.07. The molecule has 0 radical (unpaired) electrons. The van der Waals surface area contributed by atoms with E-state index in [0.29, 0.717) is 0 Å². The second kappa shape index (κ2) is 8.09. The Bertz CT molecular complexity index is 281. The van der Waals surface area contributed by atoms with Gasteiger partial charge in [0.1, 0.15) is 0 Å². The molecule has 0 aromatic rings. The standard InChI is InChI=1S/C18H33N/c1-3-15-11-8-12-17(13-15)18(19-4-2)14-16-9-6-5-7-10-16/h9,15,17-19H,3-8,10-14H2,1-2H3. The molecular formula is C18H33N. The molecule has 0 bridgehead atoms. The van der Waals surface area contributed by atoms with Crippen molar-refractivity contribution in [2.24, 2.45) is 11.8 Å². The van der Waals surface area contributed by atoms with E-state index >= 15 is 0 Å². The lowest BCUT2D eigenvalue weighted by Crippen LogP contribution is -2.39. The van der Waals surface area contributed by atoms with Crippen LogP contribution in [0, 0.1) is 11.8 Å². The lowest BCUT2D eigenvalue weighted by molar-refractivity contribution is 0.207. The highest BCUT2D eigenvalue weighted by molar-refractivity contribution is 5.08. The van der Waals surface area contributed by atoms with E-state index in [1.807, 2.05) is 0 Å². The van der Waals surface area contributed by atoms with Gasteiger partial charge in [0.2, 0.25) is 0 Å². The molecule has 1 N–H and O–H groups in total. The third kappa shape index (κ3) is 4.63. The lowest BCUT2D eigenvalue weighted by Gasteiger charge is -2.35. The van der Waals surface area contributed by atoms with Gasteiger partial charge in [-0.05, 0) is 63.3 Å². The Kier molecular flexibility index (Phi) is 6.43. The average Bonchev–Trinajstić information content (AvgIpc) is 2.48. The first kappa shape index (κ1) is 15.1. The number of hydrogen-bond donors (Lipinski definition) is 1. The van der Waals surface area contributed by atoms with Crippen molar-refractivity contribution in [3.05, 3.63) is 11.6 Å². The summed E-state index contributed by atoms with van der Waals surface area (Å²) in [4.78, 5) is 0.